The zero-order chi connectivity index (χ0) is 24.1. The molecular formula is C26H22ClNO5S. The summed E-state index contributed by atoms with van der Waals surface area (Å²) < 4.78 is 17.0. The van der Waals surface area contributed by atoms with Gasteiger partial charge in [-0.2, -0.15) is 0 Å². The van der Waals surface area contributed by atoms with E-state index in [0.29, 0.717) is 45.0 Å². The fourth-order valence-corrected chi connectivity index (χ4v) is 4.43. The Kier molecular flexibility index (Phi) is 7.45. The molecule has 0 radical (unpaired) electrons. The van der Waals surface area contributed by atoms with E-state index in [1.54, 1.807) is 61.7 Å². The monoisotopic (exact) mass is 495 g/mol. The summed E-state index contributed by atoms with van der Waals surface area (Å²) >= 11 is 7.08. The van der Waals surface area contributed by atoms with Crippen molar-refractivity contribution >= 4 is 46.3 Å². The van der Waals surface area contributed by atoms with Gasteiger partial charge in [-0.15, -0.1) is 0 Å². The summed E-state index contributed by atoms with van der Waals surface area (Å²) in [4.78, 5) is 27.2. The van der Waals surface area contributed by atoms with Gasteiger partial charge in [0.15, 0.2) is 11.5 Å². The minimum absolute atomic E-state index is 0.285. The highest BCUT2D eigenvalue weighted by Crippen LogP contribution is 2.40. The molecule has 0 bridgehead atoms. The summed E-state index contributed by atoms with van der Waals surface area (Å²) in [5, 5.41) is 0.245. The minimum atomic E-state index is -0.403. The number of ether oxygens (including phenoxy) is 3. The van der Waals surface area contributed by atoms with Crippen molar-refractivity contribution in [3.05, 3.63) is 87.8 Å². The number of amides is 2. The van der Waals surface area contributed by atoms with Gasteiger partial charge >= 0.3 is 0 Å². The van der Waals surface area contributed by atoms with Crippen LogP contribution in [0, 0.1) is 0 Å². The largest absolute Gasteiger partial charge is 0.493 e. The first-order valence-corrected chi connectivity index (χ1v) is 11.7. The van der Waals surface area contributed by atoms with Crippen molar-refractivity contribution in [3.63, 3.8) is 0 Å². The number of nitrogens with zero attached hydrogens (tertiary/aromatic N) is 1. The average molecular weight is 496 g/mol. The van der Waals surface area contributed by atoms with E-state index >= 15 is 0 Å². The van der Waals surface area contributed by atoms with Crippen LogP contribution in [0.25, 0.3) is 6.08 Å². The maximum absolute atomic E-state index is 13.1. The molecule has 8 heteroatoms. The van der Waals surface area contributed by atoms with Gasteiger partial charge in [-0.05, 0) is 60.7 Å². The van der Waals surface area contributed by atoms with Crippen molar-refractivity contribution in [2.45, 2.75) is 13.5 Å². The van der Waals surface area contributed by atoms with E-state index in [1.165, 1.54) is 0 Å². The van der Waals surface area contributed by atoms with Crippen LogP contribution in [0.4, 0.5) is 10.5 Å². The van der Waals surface area contributed by atoms with E-state index in [1.807, 2.05) is 25.1 Å². The molecule has 1 heterocycles. The van der Waals surface area contributed by atoms with Gasteiger partial charge in [0.05, 0.1) is 24.3 Å². The van der Waals surface area contributed by atoms with Crippen molar-refractivity contribution < 1.29 is 23.8 Å². The smallest absolute Gasteiger partial charge is 0.298 e. The predicted octanol–water partition coefficient (Wildman–Crippen LogP) is 6.57. The third-order valence-electron chi connectivity index (χ3n) is 5.03. The lowest BCUT2D eigenvalue weighted by molar-refractivity contribution is -0.113. The van der Waals surface area contributed by atoms with Gasteiger partial charge in [-0.3, -0.25) is 9.59 Å². The number of halogens is 1. The lowest BCUT2D eigenvalue weighted by atomic mass is 10.1. The number of anilines is 1. The van der Waals surface area contributed by atoms with Crippen LogP contribution in [0.5, 0.6) is 17.2 Å². The molecule has 0 saturated carbocycles. The average Bonchev–Trinajstić information content (AvgIpc) is 3.12. The van der Waals surface area contributed by atoms with Crippen LogP contribution in [0.1, 0.15) is 18.1 Å². The number of rotatable bonds is 8. The number of carbonyl (C=O) groups is 2. The van der Waals surface area contributed by atoms with Crippen LogP contribution < -0.4 is 19.1 Å². The van der Waals surface area contributed by atoms with E-state index < -0.39 is 5.91 Å². The molecule has 0 N–H and O–H groups in total. The highest BCUT2D eigenvalue weighted by atomic mass is 35.5. The van der Waals surface area contributed by atoms with Crippen LogP contribution in [0.15, 0.2) is 71.6 Å². The quantitative estimate of drug-likeness (QED) is 0.329. The van der Waals surface area contributed by atoms with Gasteiger partial charge in [-0.25, -0.2) is 4.90 Å². The Hall–Kier alpha value is -3.42. The van der Waals surface area contributed by atoms with Crippen molar-refractivity contribution in [1.82, 2.24) is 0 Å². The van der Waals surface area contributed by atoms with E-state index in [9.17, 15) is 9.59 Å². The number of para-hydroxylation sites is 2. The van der Waals surface area contributed by atoms with Crippen molar-refractivity contribution in [2.24, 2.45) is 0 Å². The van der Waals surface area contributed by atoms with Crippen molar-refractivity contribution in [1.29, 1.82) is 0 Å². The Morgan fingerprint density at radius 1 is 0.941 bits per heavy atom. The molecule has 1 aliphatic rings. The highest BCUT2D eigenvalue weighted by molar-refractivity contribution is 8.19. The highest BCUT2D eigenvalue weighted by Gasteiger charge is 2.37. The maximum Gasteiger partial charge on any atom is 0.298 e. The Bertz CT molecular complexity index is 1260. The number of hydrogen-bond acceptors (Lipinski definition) is 6. The summed E-state index contributed by atoms with van der Waals surface area (Å²) in [6, 6.07) is 19.7. The van der Waals surface area contributed by atoms with E-state index in [2.05, 4.69) is 0 Å². The minimum Gasteiger partial charge on any atom is -0.493 e. The molecule has 3 aromatic carbocycles. The molecule has 6 nitrogen and oxygen atoms in total. The van der Waals surface area contributed by atoms with Crippen molar-refractivity contribution in [3.8, 4) is 17.2 Å². The summed E-state index contributed by atoms with van der Waals surface area (Å²) in [6.07, 6.45) is 1.66. The van der Waals surface area contributed by atoms with Gasteiger partial charge in [-0.1, -0.05) is 48.0 Å². The van der Waals surface area contributed by atoms with E-state index in [0.717, 1.165) is 22.2 Å². The van der Waals surface area contributed by atoms with Gasteiger partial charge in [0, 0.05) is 10.6 Å². The lowest BCUT2D eigenvalue weighted by Crippen LogP contribution is -2.28. The zero-order valence-corrected chi connectivity index (χ0v) is 20.2. The molecule has 0 spiro atoms. The lowest BCUT2D eigenvalue weighted by Gasteiger charge is -2.16. The second-order valence-electron chi connectivity index (χ2n) is 7.21. The van der Waals surface area contributed by atoms with Crippen LogP contribution in [0.3, 0.4) is 0 Å². The SMILES string of the molecule is CCOc1ccccc1N1C(=O)S/C(=C\c2ccc(OCc3ccccc3Cl)c(OC)c2)C1=O. The van der Waals surface area contributed by atoms with Crippen LogP contribution >= 0.6 is 23.4 Å². The number of thioether (sulfide) groups is 1. The molecule has 0 aliphatic carbocycles. The molecular weight excluding hydrogens is 474 g/mol. The van der Waals surface area contributed by atoms with Crippen LogP contribution in [0.2, 0.25) is 5.02 Å². The molecule has 0 unspecified atom stereocenters. The number of methoxy groups -OCH3 is 1. The molecule has 4 rings (SSSR count). The topological polar surface area (TPSA) is 65.1 Å². The number of benzene rings is 3. The van der Waals surface area contributed by atoms with E-state index in [4.69, 9.17) is 25.8 Å². The first-order valence-electron chi connectivity index (χ1n) is 10.6. The Labute approximate surface area is 207 Å². The zero-order valence-electron chi connectivity index (χ0n) is 18.6. The normalized spacial score (nSPS) is 14.6. The summed E-state index contributed by atoms with van der Waals surface area (Å²) in [7, 11) is 1.54. The molecule has 3 aromatic rings. The van der Waals surface area contributed by atoms with Gasteiger partial charge in [0.1, 0.15) is 12.4 Å². The third kappa shape index (κ3) is 5.05. The molecule has 0 atom stereocenters. The fourth-order valence-electron chi connectivity index (χ4n) is 3.41. The molecule has 0 aromatic heterocycles. The number of carbonyl (C=O) groups excluding carboxylic acids is 2. The molecule has 1 saturated heterocycles. The van der Waals surface area contributed by atoms with Crippen molar-refractivity contribution in [2.75, 3.05) is 18.6 Å². The van der Waals surface area contributed by atoms with Crippen LogP contribution in [-0.4, -0.2) is 24.9 Å². The standard InChI is InChI=1S/C26H22ClNO5S/c1-3-32-21-11-7-6-10-20(21)28-25(29)24(34-26(28)30)15-17-12-13-22(23(14-17)31-2)33-16-18-8-4-5-9-19(18)27/h4-15H,3,16H2,1-2H3/b24-15-. The Morgan fingerprint density at radius 3 is 2.47 bits per heavy atom. The van der Waals surface area contributed by atoms with E-state index in [-0.39, 0.29) is 11.8 Å². The second kappa shape index (κ2) is 10.7. The van der Waals surface area contributed by atoms with Gasteiger partial charge < -0.3 is 14.2 Å². The Morgan fingerprint density at radius 2 is 1.71 bits per heavy atom. The summed E-state index contributed by atoms with van der Waals surface area (Å²) in [5.41, 5.74) is 1.98. The number of imide groups is 1. The van der Waals surface area contributed by atoms with Crippen LogP contribution in [-0.2, 0) is 11.4 Å². The summed E-state index contributed by atoms with van der Waals surface area (Å²) in [5.74, 6) is 1.12. The molecule has 174 valence electrons. The fraction of sp³-hybridized carbons (Fsp3) is 0.154. The molecule has 1 fully saturated rings. The first kappa shape index (κ1) is 23.7. The Balaban J connectivity index is 1.55. The maximum atomic E-state index is 13.1. The molecule has 2 amide bonds. The second-order valence-corrected chi connectivity index (χ2v) is 8.61. The van der Waals surface area contributed by atoms with Gasteiger partial charge in [0.2, 0.25) is 0 Å². The van der Waals surface area contributed by atoms with Gasteiger partial charge in [0.25, 0.3) is 11.1 Å². The first-order chi connectivity index (χ1) is 16.5. The number of hydrogen-bond donors (Lipinski definition) is 0. The predicted molar refractivity (Wildman–Crippen MR) is 135 cm³/mol. The summed E-state index contributed by atoms with van der Waals surface area (Å²) in [6.45, 7) is 2.56. The molecule has 34 heavy (non-hydrogen) atoms. The third-order valence-corrected chi connectivity index (χ3v) is 6.26. The molecule has 1 aliphatic heterocycles.